The van der Waals surface area contributed by atoms with E-state index < -0.39 is 17.6 Å². The van der Waals surface area contributed by atoms with Crippen LogP contribution >= 0.6 is 0 Å². The third-order valence-corrected chi connectivity index (χ3v) is 4.36. The van der Waals surface area contributed by atoms with E-state index in [1.807, 2.05) is 11.8 Å². The van der Waals surface area contributed by atoms with Crippen LogP contribution in [0.1, 0.15) is 21.5 Å². The third kappa shape index (κ3) is 6.47. The van der Waals surface area contributed by atoms with Crippen molar-refractivity contribution in [3.8, 4) is 0 Å². The molecule has 0 aromatic heterocycles. The highest BCUT2D eigenvalue weighted by Crippen LogP contribution is 2.35. The zero-order valence-corrected chi connectivity index (χ0v) is 16.7. The van der Waals surface area contributed by atoms with E-state index in [0.717, 1.165) is 17.7 Å². The number of carbonyl (C=O) groups excluding carboxylic acids is 1. The topological polar surface area (TPSA) is 50.8 Å². The molecule has 0 aliphatic carbocycles. The molecule has 5 nitrogen and oxygen atoms in total. The highest BCUT2D eigenvalue weighted by atomic mass is 19.4. The number of alkyl halides is 3. The smallest absolute Gasteiger partial charge is 0.383 e. The Morgan fingerprint density at radius 1 is 1.00 bits per heavy atom. The number of nitrogens with zero attached hydrogens (tertiary/aromatic N) is 1. The number of methoxy groups -OCH3 is 2. The minimum absolute atomic E-state index is 0.0811. The summed E-state index contributed by atoms with van der Waals surface area (Å²) >= 11 is 0. The maximum Gasteiger partial charge on any atom is 0.416 e. The Hall–Kier alpha value is -2.58. The second-order valence-electron chi connectivity index (χ2n) is 6.52. The van der Waals surface area contributed by atoms with Crippen LogP contribution in [0.3, 0.4) is 0 Å². The number of nitrogens with one attached hydrogen (secondary N) is 1. The first-order valence-electron chi connectivity index (χ1n) is 9.08. The Bertz CT molecular complexity index is 800. The van der Waals surface area contributed by atoms with E-state index in [2.05, 4.69) is 5.32 Å². The van der Waals surface area contributed by atoms with Gasteiger partial charge < -0.3 is 19.7 Å². The first-order chi connectivity index (χ1) is 13.8. The lowest BCUT2D eigenvalue weighted by Crippen LogP contribution is -2.31. The van der Waals surface area contributed by atoms with Crippen LogP contribution in [-0.2, 0) is 15.7 Å². The number of anilines is 2. The van der Waals surface area contributed by atoms with E-state index in [-0.39, 0.29) is 5.69 Å². The molecular formula is C21H25F3N2O3. The van der Waals surface area contributed by atoms with E-state index in [9.17, 15) is 18.0 Å². The van der Waals surface area contributed by atoms with Gasteiger partial charge >= 0.3 is 6.18 Å². The molecule has 1 N–H and O–H groups in total. The molecule has 0 bridgehead atoms. The third-order valence-electron chi connectivity index (χ3n) is 4.36. The van der Waals surface area contributed by atoms with Gasteiger partial charge in [0, 0.05) is 32.9 Å². The molecule has 8 heteroatoms. The minimum Gasteiger partial charge on any atom is -0.383 e. The molecule has 2 aromatic carbocycles. The van der Waals surface area contributed by atoms with E-state index in [0.29, 0.717) is 37.6 Å². The molecule has 0 saturated carbocycles. The Kier molecular flexibility index (Phi) is 8.04. The number of rotatable bonds is 9. The van der Waals surface area contributed by atoms with Gasteiger partial charge in [0.05, 0.1) is 30.2 Å². The summed E-state index contributed by atoms with van der Waals surface area (Å²) in [4.78, 5) is 14.4. The van der Waals surface area contributed by atoms with Crippen LogP contribution in [0.5, 0.6) is 0 Å². The number of hydrogen-bond acceptors (Lipinski definition) is 4. The molecule has 0 spiro atoms. The predicted molar refractivity (Wildman–Crippen MR) is 107 cm³/mol. The molecular weight excluding hydrogens is 385 g/mol. The number of benzene rings is 2. The number of hydrogen-bond donors (Lipinski definition) is 1. The standard InChI is InChI=1S/C21H25F3N2O3/c1-15-4-6-16(7-5-15)20(27)25-18-14-17(21(22,23)24)8-9-19(18)26(10-12-28-2)11-13-29-3/h4-9,14H,10-13H2,1-3H3,(H,25,27). The molecule has 1 amide bonds. The van der Waals surface area contributed by atoms with Crippen molar-refractivity contribution in [1.29, 1.82) is 0 Å². The zero-order chi connectivity index (χ0) is 21.4. The van der Waals surface area contributed by atoms with Crippen molar-refractivity contribution in [3.63, 3.8) is 0 Å². The monoisotopic (exact) mass is 410 g/mol. The second-order valence-corrected chi connectivity index (χ2v) is 6.52. The van der Waals surface area contributed by atoms with Crippen molar-refractivity contribution in [1.82, 2.24) is 0 Å². The van der Waals surface area contributed by atoms with Crippen LogP contribution in [0.4, 0.5) is 24.5 Å². The van der Waals surface area contributed by atoms with Gasteiger partial charge in [0.15, 0.2) is 0 Å². The number of ether oxygens (including phenoxy) is 2. The zero-order valence-electron chi connectivity index (χ0n) is 16.7. The normalized spacial score (nSPS) is 11.4. The van der Waals surface area contributed by atoms with Gasteiger partial charge in [-0.2, -0.15) is 13.2 Å². The quantitative estimate of drug-likeness (QED) is 0.667. The van der Waals surface area contributed by atoms with E-state index in [1.165, 1.54) is 6.07 Å². The van der Waals surface area contributed by atoms with Crippen molar-refractivity contribution in [2.45, 2.75) is 13.1 Å². The fourth-order valence-corrected chi connectivity index (χ4v) is 2.74. The van der Waals surface area contributed by atoms with Crippen LogP contribution in [0.15, 0.2) is 42.5 Å². The van der Waals surface area contributed by atoms with Crippen LogP contribution in [0.2, 0.25) is 0 Å². The first kappa shape index (κ1) is 22.7. The first-order valence-corrected chi connectivity index (χ1v) is 9.08. The lowest BCUT2D eigenvalue weighted by atomic mass is 10.1. The maximum absolute atomic E-state index is 13.2. The fraction of sp³-hybridized carbons (Fsp3) is 0.381. The summed E-state index contributed by atoms with van der Waals surface area (Å²) < 4.78 is 49.9. The predicted octanol–water partition coefficient (Wildman–Crippen LogP) is 4.37. The number of carbonyl (C=O) groups is 1. The van der Waals surface area contributed by atoms with Crippen LogP contribution < -0.4 is 10.2 Å². The molecule has 0 unspecified atom stereocenters. The molecule has 0 heterocycles. The molecule has 0 aliphatic rings. The lowest BCUT2D eigenvalue weighted by Gasteiger charge is -2.27. The van der Waals surface area contributed by atoms with Gasteiger partial charge in [-0.05, 0) is 37.3 Å². The van der Waals surface area contributed by atoms with E-state index >= 15 is 0 Å². The highest BCUT2D eigenvalue weighted by molar-refractivity contribution is 6.06. The summed E-state index contributed by atoms with van der Waals surface area (Å²) in [5, 5.41) is 2.63. The summed E-state index contributed by atoms with van der Waals surface area (Å²) in [5.74, 6) is -0.482. The average molecular weight is 410 g/mol. The van der Waals surface area contributed by atoms with Crippen molar-refractivity contribution in [2.75, 3.05) is 50.7 Å². The van der Waals surface area contributed by atoms with Crippen molar-refractivity contribution in [3.05, 3.63) is 59.2 Å². The lowest BCUT2D eigenvalue weighted by molar-refractivity contribution is -0.137. The highest BCUT2D eigenvalue weighted by Gasteiger charge is 2.31. The Balaban J connectivity index is 2.41. The molecule has 0 saturated heterocycles. The molecule has 29 heavy (non-hydrogen) atoms. The van der Waals surface area contributed by atoms with Crippen LogP contribution in [0.25, 0.3) is 0 Å². The summed E-state index contributed by atoms with van der Waals surface area (Å²) in [6.07, 6.45) is -4.52. The average Bonchev–Trinajstić information content (AvgIpc) is 2.68. The maximum atomic E-state index is 13.2. The van der Waals surface area contributed by atoms with Crippen LogP contribution in [0, 0.1) is 6.92 Å². The van der Waals surface area contributed by atoms with Gasteiger partial charge in [0.25, 0.3) is 5.91 Å². The summed E-state index contributed by atoms with van der Waals surface area (Å²) in [5.41, 5.74) is 1.05. The fourth-order valence-electron chi connectivity index (χ4n) is 2.74. The van der Waals surface area contributed by atoms with Gasteiger partial charge in [0.1, 0.15) is 0 Å². The van der Waals surface area contributed by atoms with Gasteiger partial charge in [-0.1, -0.05) is 17.7 Å². The molecule has 0 atom stereocenters. The summed E-state index contributed by atoms with van der Waals surface area (Å²) in [7, 11) is 3.09. The van der Waals surface area contributed by atoms with Gasteiger partial charge in [-0.25, -0.2) is 0 Å². The van der Waals surface area contributed by atoms with Gasteiger partial charge in [-0.3, -0.25) is 4.79 Å². The molecule has 0 fully saturated rings. The number of aryl methyl sites for hydroxylation is 1. The SMILES string of the molecule is COCCN(CCOC)c1ccc(C(F)(F)F)cc1NC(=O)c1ccc(C)cc1. The van der Waals surface area contributed by atoms with Crippen molar-refractivity contribution in [2.24, 2.45) is 0 Å². The minimum atomic E-state index is -4.52. The molecule has 2 aromatic rings. The van der Waals surface area contributed by atoms with E-state index in [4.69, 9.17) is 9.47 Å². The van der Waals surface area contributed by atoms with E-state index in [1.54, 1.807) is 38.5 Å². The molecule has 0 aliphatic heterocycles. The largest absolute Gasteiger partial charge is 0.416 e. The molecule has 2 rings (SSSR count). The summed E-state index contributed by atoms with van der Waals surface area (Å²) in [6, 6.07) is 10.1. The van der Waals surface area contributed by atoms with Gasteiger partial charge in [0.2, 0.25) is 0 Å². The number of halogens is 3. The van der Waals surface area contributed by atoms with Crippen LogP contribution in [-0.4, -0.2) is 46.4 Å². The summed E-state index contributed by atoms with van der Waals surface area (Å²) in [6.45, 7) is 3.49. The number of amides is 1. The van der Waals surface area contributed by atoms with Crippen molar-refractivity contribution < 1.29 is 27.4 Å². The molecule has 158 valence electrons. The van der Waals surface area contributed by atoms with Gasteiger partial charge in [-0.15, -0.1) is 0 Å². The molecule has 0 radical (unpaired) electrons. The second kappa shape index (κ2) is 10.3. The Morgan fingerprint density at radius 3 is 2.10 bits per heavy atom. The Labute approximate surface area is 168 Å². The van der Waals surface area contributed by atoms with Crippen molar-refractivity contribution >= 4 is 17.3 Å². The Morgan fingerprint density at radius 2 is 1.59 bits per heavy atom.